The molecule has 392 valence electrons. The lowest BCUT2D eigenvalue weighted by Crippen LogP contribution is -2.40. The van der Waals surface area contributed by atoms with Crippen LogP contribution in [0.3, 0.4) is 0 Å². The molecule has 3 aliphatic carbocycles. The first-order valence-electron chi connectivity index (χ1n) is 25.2. The van der Waals surface area contributed by atoms with E-state index in [1.807, 2.05) is 53.5 Å². The zero-order chi connectivity index (χ0) is 52.9. The van der Waals surface area contributed by atoms with E-state index in [0.717, 1.165) is 54.1 Å². The highest BCUT2D eigenvalue weighted by molar-refractivity contribution is 6.94. The molecule has 73 heavy (non-hydrogen) atoms. The van der Waals surface area contributed by atoms with Crippen LogP contribution in [-0.2, 0) is 43.5 Å². The normalized spacial score (nSPS) is 21.6. The molecular formula is C55H70O15Si3. The summed E-state index contributed by atoms with van der Waals surface area (Å²) in [6.07, 6.45) is 3.56. The van der Waals surface area contributed by atoms with Crippen molar-refractivity contribution in [2.45, 2.75) is 135 Å². The lowest BCUT2D eigenvalue weighted by Gasteiger charge is -2.45. The topological polar surface area (TPSA) is 185 Å². The van der Waals surface area contributed by atoms with Gasteiger partial charge in [-0.15, -0.1) is 19.7 Å². The van der Waals surface area contributed by atoms with Crippen molar-refractivity contribution in [3.63, 3.8) is 0 Å². The summed E-state index contributed by atoms with van der Waals surface area (Å²) >= 11 is 0. The van der Waals surface area contributed by atoms with E-state index in [1.54, 1.807) is 36.4 Å². The van der Waals surface area contributed by atoms with Crippen LogP contribution in [-0.4, -0.2) is 78.9 Å². The Morgan fingerprint density at radius 1 is 0.384 bits per heavy atom. The number of benzene rings is 3. The first-order chi connectivity index (χ1) is 34.7. The molecule has 3 fully saturated rings. The fourth-order valence-corrected chi connectivity index (χ4v) is 14.0. The molecule has 0 radical (unpaired) electrons. The van der Waals surface area contributed by atoms with Gasteiger partial charge in [-0.2, -0.15) is 14.4 Å². The summed E-state index contributed by atoms with van der Waals surface area (Å²) in [7, 11) is -5.47. The van der Waals surface area contributed by atoms with E-state index in [-0.39, 0.29) is 40.4 Å². The minimum atomic E-state index is -1.82. The van der Waals surface area contributed by atoms with E-state index in [4.69, 9.17) is 43.5 Å². The van der Waals surface area contributed by atoms with Gasteiger partial charge in [-0.05, 0) is 137 Å². The van der Waals surface area contributed by atoms with Crippen LogP contribution in [0.4, 0.5) is 14.4 Å². The van der Waals surface area contributed by atoms with Crippen molar-refractivity contribution in [3.8, 4) is 0 Å². The van der Waals surface area contributed by atoms with Crippen LogP contribution >= 0.6 is 0 Å². The summed E-state index contributed by atoms with van der Waals surface area (Å²) in [5.74, 6) is -1.33. The monoisotopic (exact) mass is 1050 g/mol. The van der Waals surface area contributed by atoms with Gasteiger partial charge in [0, 0.05) is 0 Å². The third-order valence-corrected chi connectivity index (χ3v) is 23.8. The van der Waals surface area contributed by atoms with Crippen molar-refractivity contribution in [2.24, 2.45) is 23.7 Å². The highest BCUT2D eigenvalue weighted by Gasteiger charge is 2.42. The van der Waals surface area contributed by atoms with Gasteiger partial charge < -0.3 is 14.2 Å². The van der Waals surface area contributed by atoms with Crippen molar-refractivity contribution in [2.75, 3.05) is 0 Å². The molecule has 0 saturated heterocycles. The third kappa shape index (κ3) is 15.4. The molecule has 0 aliphatic heterocycles. The largest absolute Gasteiger partial charge is 0.550 e. The summed E-state index contributed by atoms with van der Waals surface area (Å²) < 4.78 is 16.8. The second-order valence-electron chi connectivity index (χ2n) is 21.2. The molecule has 15 nitrogen and oxygen atoms in total. The van der Waals surface area contributed by atoms with Gasteiger partial charge >= 0.3 is 36.4 Å². The van der Waals surface area contributed by atoms with Crippen molar-refractivity contribution in [1.29, 1.82) is 0 Å². The maximum atomic E-state index is 12.7. The maximum Gasteiger partial charge on any atom is 0.550 e. The van der Waals surface area contributed by atoms with Gasteiger partial charge in [-0.25, -0.2) is 43.7 Å². The van der Waals surface area contributed by atoms with Crippen molar-refractivity contribution in [1.82, 2.24) is 0 Å². The number of carbonyl (C=O) groups excluding carboxylic acids is 6. The van der Waals surface area contributed by atoms with Gasteiger partial charge in [0.2, 0.25) is 0 Å². The summed E-state index contributed by atoms with van der Waals surface area (Å²) in [5.41, 5.74) is 6.57. The molecule has 3 aliphatic rings. The second kappa shape index (κ2) is 25.1. The van der Waals surface area contributed by atoms with E-state index in [1.165, 1.54) is 0 Å². The molecule has 0 atom stereocenters. The average Bonchev–Trinajstić information content (AvgIpc) is 3.40. The first-order valence-corrected chi connectivity index (χ1v) is 34.5. The molecular weight excluding hydrogens is 985 g/mol. The fraction of sp³-hybridized carbons (Fsp3) is 0.455. The Balaban J connectivity index is 1.000. The molecule has 3 aromatic carbocycles. The van der Waals surface area contributed by atoms with Crippen LogP contribution < -0.4 is 15.6 Å². The van der Waals surface area contributed by atoms with E-state index >= 15 is 0 Å². The third-order valence-electron chi connectivity index (χ3n) is 15.3. The van der Waals surface area contributed by atoms with Crippen LogP contribution in [0.1, 0.15) is 108 Å². The van der Waals surface area contributed by atoms with Gasteiger partial charge in [-0.1, -0.05) is 108 Å². The smallest absolute Gasteiger partial charge is 0.428 e. The SMILES string of the molecule is C=C[Si](C)(C)c1ccc(C(=O)OOC(=O)OC2CCC(C(C3CCC(OC(=O)OOC(=O)c4ccc([Si](C)(C)C=C)cc4)CC3)C3CCC(OC(=O)OOC(=O)c4ccc([Si](C)(C)C=C)cc4)CC3)CC2)cc1. The van der Waals surface area contributed by atoms with E-state index in [0.29, 0.717) is 38.5 Å². The number of rotatable bonds is 15. The summed E-state index contributed by atoms with van der Waals surface area (Å²) in [4.78, 5) is 105. The van der Waals surface area contributed by atoms with Crippen LogP contribution in [0.25, 0.3) is 0 Å². The van der Waals surface area contributed by atoms with Gasteiger partial charge in [0.15, 0.2) is 0 Å². The van der Waals surface area contributed by atoms with E-state index < -0.39 is 78.9 Å². The van der Waals surface area contributed by atoms with Crippen LogP contribution in [0, 0.1) is 23.7 Å². The summed E-state index contributed by atoms with van der Waals surface area (Å²) in [6.45, 7) is 24.6. The molecule has 0 spiro atoms. The number of carbonyl (C=O) groups is 6. The van der Waals surface area contributed by atoms with Crippen LogP contribution in [0.5, 0.6) is 0 Å². The van der Waals surface area contributed by atoms with Crippen LogP contribution in [0.2, 0.25) is 39.3 Å². The molecule has 18 heteroatoms. The predicted octanol–water partition coefficient (Wildman–Crippen LogP) is 11.0. The molecule has 0 N–H and O–H groups in total. The van der Waals surface area contributed by atoms with Crippen molar-refractivity contribution < 1.29 is 72.3 Å². The molecule has 0 bridgehead atoms. The Hall–Kier alpha value is -6.25. The quantitative estimate of drug-likeness (QED) is 0.0460. The summed E-state index contributed by atoms with van der Waals surface area (Å²) in [6, 6.07) is 20.9. The van der Waals surface area contributed by atoms with Gasteiger partial charge in [0.05, 0.1) is 16.7 Å². The highest BCUT2D eigenvalue weighted by atomic mass is 28.3. The Bertz CT molecular complexity index is 2160. The Morgan fingerprint density at radius 2 is 0.603 bits per heavy atom. The summed E-state index contributed by atoms with van der Waals surface area (Å²) in [5, 5.41) is 3.29. The lowest BCUT2D eigenvalue weighted by atomic mass is 9.61. The highest BCUT2D eigenvalue weighted by Crippen LogP contribution is 2.48. The number of hydrogen-bond donors (Lipinski definition) is 0. The van der Waals surface area contributed by atoms with Crippen molar-refractivity contribution >= 4 is 76.2 Å². The maximum absolute atomic E-state index is 12.7. The van der Waals surface area contributed by atoms with Gasteiger partial charge in [0.1, 0.15) is 42.5 Å². The lowest BCUT2D eigenvalue weighted by molar-refractivity contribution is -0.209. The Morgan fingerprint density at radius 3 is 0.808 bits per heavy atom. The Kier molecular flexibility index (Phi) is 19.3. The molecule has 0 unspecified atom stereocenters. The number of hydrogen-bond acceptors (Lipinski definition) is 15. The standard InChI is InChI=1S/C55H70O15Si3/c1-10-71(4,5)46-31-19-40(20-32-46)50(56)65-68-53(59)62-43-25-13-37(14-26-43)49(38-15-27-44(28-16-38)63-54(60)69-66-51(57)41-21-33-47(34-22-41)72(6,7)11-2)39-17-29-45(30-18-39)64-55(61)70-67-52(58)42-23-35-48(36-24-42)73(8,9)12-3/h10-12,19-24,31-39,43-45,49H,1-3,13-18,25-30H2,4-9H3. The zero-order valence-electron chi connectivity index (χ0n) is 42.9. The molecule has 0 aromatic heterocycles. The fourth-order valence-electron chi connectivity index (χ4n) is 10.2. The van der Waals surface area contributed by atoms with E-state index in [2.05, 4.69) is 59.0 Å². The zero-order valence-corrected chi connectivity index (χ0v) is 45.9. The first kappa shape index (κ1) is 56.1. The molecule has 3 saturated carbocycles. The van der Waals surface area contributed by atoms with Crippen LogP contribution in [0.15, 0.2) is 110 Å². The minimum absolute atomic E-state index is 0.235. The molecule has 0 heterocycles. The average molecular weight is 1060 g/mol. The minimum Gasteiger partial charge on any atom is -0.428 e. The van der Waals surface area contributed by atoms with E-state index in [9.17, 15) is 28.8 Å². The molecule has 6 rings (SSSR count). The Labute approximate surface area is 431 Å². The predicted molar refractivity (Wildman–Crippen MR) is 281 cm³/mol. The van der Waals surface area contributed by atoms with Crippen molar-refractivity contribution in [3.05, 3.63) is 126 Å². The van der Waals surface area contributed by atoms with Gasteiger partial charge in [-0.3, -0.25) is 0 Å². The molecule has 0 amide bonds. The number of ether oxygens (including phenoxy) is 3. The molecule has 3 aromatic rings. The second-order valence-corrected chi connectivity index (χ2v) is 34.5. The van der Waals surface area contributed by atoms with Gasteiger partial charge in [0.25, 0.3) is 0 Å².